The van der Waals surface area contributed by atoms with E-state index in [9.17, 15) is 4.79 Å². The molecule has 21 heavy (non-hydrogen) atoms. The molecule has 0 bridgehead atoms. The van der Waals surface area contributed by atoms with E-state index in [1.165, 1.54) is 11.1 Å². The predicted octanol–water partition coefficient (Wildman–Crippen LogP) is 3.09. The highest BCUT2D eigenvalue weighted by Gasteiger charge is 2.27. The van der Waals surface area contributed by atoms with Gasteiger partial charge >= 0.3 is 0 Å². The molecule has 1 aromatic heterocycles. The van der Waals surface area contributed by atoms with Crippen LogP contribution in [0.3, 0.4) is 0 Å². The van der Waals surface area contributed by atoms with Crippen molar-refractivity contribution in [2.24, 2.45) is 0 Å². The highest BCUT2D eigenvalue weighted by Crippen LogP contribution is 2.32. The maximum atomic E-state index is 12.2. The van der Waals surface area contributed by atoms with Gasteiger partial charge < -0.3 is 5.73 Å². The third-order valence-electron chi connectivity index (χ3n) is 4.13. The monoisotopic (exact) mass is 281 g/mol. The number of ketones is 1. The smallest absolute Gasteiger partial charge is 0.220 e. The molecule has 0 spiro atoms. The molecule has 1 heterocycles. The van der Waals surface area contributed by atoms with Crippen LogP contribution in [-0.4, -0.2) is 15.8 Å². The quantitative estimate of drug-likeness (QED) is 0.918. The van der Waals surface area contributed by atoms with E-state index in [0.29, 0.717) is 17.9 Å². The molecule has 0 saturated carbocycles. The number of rotatable bonds is 2. The van der Waals surface area contributed by atoms with E-state index in [-0.39, 0.29) is 17.6 Å². The van der Waals surface area contributed by atoms with Crippen LogP contribution >= 0.6 is 0 Å². The number of fused-ring (bicyclic) bond motifs is 1. The molecule has 1 atom stereocenters. The standard InChI is InChI=1S/C17H19N3O/c1-10(2)11-3-5-12(6-4-11)13-7-15-14(16(21)8-13)9-19-17(18)20-15/h3-6,9-10,13H,7-8H2,1-2H3,(H2,18,19,20)/t13-/m0/s1. The Morgan fingerprint density at radius 3 is 2.57 bits per heavy atom. The van der Waals surface area contributed by atoms with Crippen molar-refractivity contribution in [2.75, 3.05) is 5.73 Å². The molecule has 2 N–H and O–H groups in total. The van der Waals surface area contributed by atoms with Gasteiger partial charge in [0, 0.05) is 12.6 Å². The zero-order valence-electron chi connectivity index (χ0n) is 12.3. The lowest BCUT2D eigenvalue weighted by molar-refractivity contribution is 0.0963. The Labute approximate surface area is 124 Å². The maximum Gasteiger partial charge on any atom is 0.220 e. The highest BCUT2D eigenvalue weighted by atomic mass is 16.1. The van der Waals surface area contributed by atoms with Crippen LogP contribution < -0.4 is 5.73 Å². The molecule has 0 aliphatic heterocycles. The molecule has 1 aliphatic carbocycles. The molecule has 0 amide bonds. The van der Waals surface area contributed by atoms with E-state index in [0.717, 1.165) is 12.1 Å². The van der Waals surface area contributed by atoms with Crippen LogP contribution in [0.15, 0.2) is 30.5 Å². The number of nitrogens with zero attached hydrogens (tertiary/aromatic N) is 2. The topological polar surface area (TPSA) is 68.9 Å². The van der Waals surface area contributed by atoms with Crippen molar-refractivity contribution >= 4 is 11.7 Å². The molecule has 0 fully saturated rings. The summed E-state index contributed by atoms with van der Waals surface area (Å²) in [5.74, 6) is 1.03. The number of nitrogens with two attached hydrogens (primary N) is 1. The minimum absolute atomic E-state index is 0.106. The molecule has 1 aromatic carbocycles. The summed E-state index contributed by atoms with van der Waals surface area (Å²) in [6.07, 6.45) is 2.81. The molecule has 0 radical (unpaired) electrons. The number of carbonyl (C=O) groups is 1. The Balaban J connectivity index is 1.89. The summed E-state index contributed by atoms with van der Waals surface area (Å²) < 4.78 is 0. The third kappa shape index (κ3) is 2.66. The zero-order valence-corrected chi connectivity index (χ0v) is 12.3. The van der Waals surface area contributed by atoms with Gasteiger partial charge in [0.25, 0.3) is 0 Å². The number of hydrogen-bond donors (Lipinski definition) is 1. The van der Waals surface area contributed by atoms with Gasteiger partial charge in [-0.3, -0.25) is 4.79 Å². The number of Topliss-reactive ketones (excluding diaryl/α,β-unsaturated/α-hetero) is 1. The lowest BCUT2D eigenvalue weighted by atomic mass is 9.81. The van der Waals surface area contributed by atoms with Crippen molar-refractivity contribution in [1.29, 1.82) is 0 Å². The fraction of sp³-hybridized carbons (Fsp3) is 0.353. The minimum atomic E-state index is 0.106. The first-order valence-corrected chi connectivity index (χ1v) is 7.29. The van der Waals surface area contributed by atoms with Crippen LogP contribution in [0.1, 0.15) is 59.3 Å². The Kier molecular flexibility index (Phi) is 3.45. The first-order chi connectivity index (χ1) is 10.0. The van der Waals surface area contributed by atoms with Gasteiger partial charge in [-0.25, -0.2) is 9.97 Å². The maximum absolute atomic E-state index is 12.2. The summed E-state index contributed by atoms with van der Waals surface area (Å²) in [6.45, 7) is 4.35. The number of benzene rings is 1. The van der Waals surface area contributed by atoms with Gasteiger partial charge in [-0.1, -0.05) is 38.1 Å². The van der Waals surface area contributed by atoms with Gasteiger partial charge in [-0.15, -0.1) is 0 Å². The van der Waals surface area contributed by atoms with Gasteiger partial charge in [-0.05, 0) is 29.4 Å². The van der Waals surface area contributed by atoms with Crippen LogP contribution in [0, 0.1) is 0 Å². The van der Waals surface area contributed by atoms with E-state index in [4.69, 9.17) is 5.73 Å². The average Bonchev–Trinajstić information content (AvgIpc) is 2.46. The molecule has 3 rings (SSSR count). The number of aromatic nitrogens is 2. The minimum Gasteiger partial charge on any atom is -0.368 e. The molecule has 0 unspecified atom stereocenters. The molecule has 0 saturated heterocycles. The first kappa shape index (κ1) is 13.7. The lowest BCUT2D eigenvalue weighted by Crippen LogP contribution is -2.21. The van der Waals surface area contributed by atoms with Crippen LogP contribution in [-0.2, 0) is 6.42 Å². The van der Waals surface area contributed by atoms with Crippen LogP contribution in [0.4, 0.5) is 5.95 Å². The summed E-state index contributed by atoms with van der Waals surface area (Å²) in [4.78, 5) is 20.4. The molecule has 2 aromatic rings. The van der Waals surface area contributed by atoms with Gasteiger partial charge in [0.2, 0.25) is 5.95 Å². The summed E-state index contributed by atoms with van der Waals surface area (Å²) in [5.41, 5.74) is 9.53. The second kappa shape index (κ2) is 5.28. The fourth-order valence-corrected chi connectivity index (χ4v) is 2.85. The summed E-state index contributed by atoms with van der Waals surface area (Å²) in [5, 5.41) is 0. The second-order valence-electron chi connectivity index (χ2n) is 5.94. The van der Waals surface area contributed by atoms with Crippen molar-refractivity contribution in [3.63, 3.8) is 0 Å². The second-order valence-corrected chi connectivity index (χ2v) is 5.94. The Morgan fingerprint density at radius 1 is 1.19 bits per heavy atom. The summed E-state index contributed by atoms with van der Waals surface area (Å²) in [7, 11) is 0. The van der Waals surface area contributed by atoms with E-state index < -0.39 is 0 Å². The fourth-order valence-electron chi connectivity index (χ4n) is 2.85. The van der Waals surface area contributed by atoms with E-state index in [1.54, 1.807) is 6.20 Å². The third-order valence-corrected chi connectivity index (χ3v) is 4.13. The lowest BCUT2D eigenvalue weighted by Gasteiger charge is -2.23. The number of hydrogen-bond acceptors (Lipinski definition) is 4. The first-order valence-electron chi connectivity index (χ1n) is 7.29. The summed E-state index contributed by atoms with van der Waals surface area (Å²) >= 11 is 0. The molecular formula is C17H19N3O. The van der Waals surface area contributed by atoms with Crippen molar-refractivity contribution in [3.05, 3.63) is 52.8 Å². The highest BCUT2D eigenvalue weighted by molar-refractivity contribution is 5.98. The van der Waals surface area contributed by atoms with Crippen molar-refractivity contribution in [1.82, 2.24) is 9.97 Å². The van der Waals surface area contributed by atoms with Gasteiger partial charge in [0.15, 0.2) is 5.78 Å². The predicted molar refractivity (Wildman–Crippen MR) is 82.4 cm³/mol. The van der Waals surface area contributed by atoms with Crippen LogP contribution in [0.25, 0.3) is 0 Å². The van der Waals surface area contributed by atoms with E-state index in [1.807, 2.05) is 0 Å². The zero-order chi connectivity index (χ0) is 15.0. The van der Waals surface area contributed by atoms with E-state index >= 15 is 0 Å². The normalized spacial score (nSPS) is 17.9. The Bertz CT molecular complexity index is 677. The van der Waals surface area contributed by atoms with Crippen LogP contribution in [0.5, 0.6) is 0 Å². The van der Waals surface area contributed by atoms with Gasteiger partial charge in [0.05, 0.1) is 11.3 Å². The summed E-state index contributed by atoms with van der Waals surface area (Å²) in [6, 6.07) is 8.55. The SMILES string of the molecule is CC(C)c1ccc([C@@H]2CC(=O)c3cnc(N)nc3C2)cc1. The molecule has 108 valence electrons. The largest absolute Gasteiger partial charge is 0.368 e. The Morgan fingerprint density at radius 2 is 1.90 bits per heavy atom. The van der Waals surface area contributed by atoms with Crippen molar-refractivity contribution in [3.8, 4) is 0 Å². The molecule has 1 aliphatic rings. The number of carbonyl (C=O) groups excluding carboxylic acids is 1. The van der Waals surface area contributed by atoms with Gasteiger partial charge in [-0.2, -0.15) is 0 Å². The van der Waals surface area contributed by atoms with Crippen LogP contribution in [0.2, 0.25) is 0 Å². The molecule has 4 nitrogen and oxygen atoms in total. The average molecular weight is 281 g/mol. The van der Waals surface area contributed by atoms with E-state index in [2.05, 4.69) is 48.1 Å². The number of nitrogen functional groups attached to an aromatic ring is 1. The Hall–Kier alpha value is -2.23. The van der Waals surface area contributed by atoms with Gasteiger partial charge in [0.1, 0.15) is 0 Å². The van der Waals surface area contributed by atoms with Crippen molar-refractivity contribution in [2.45, 2.75) is 38.5 Å². The molecular weight excluding hydrogens is 262 g/mol. The number of anilines is 1. The molecule has 4 heteroatoms. The van der Waals surface area contributed by atoms with Crippen molar-refractivity contribution < 1.29 is 4.79 Å².